The molecule has 0 aliphatic carbocycles. The first-order valence-electron chi connectivity index (χ1n) is 3.19. The van der Waals surface area contributed by atoms with Crippen LogP contribution in [-0.4, -0.2) is 27.3 Å². The van der Waals surface area contributed by atoms with E-state index in [0.717, 1.165) is 6.42 Å². The molecule has 0 saturated heterocycles. The minimum atomic E-state index is -0.887. The van der Waals surface area contributed by atoms with Gasteiger partial charge in [-0.3, -0.25) is 0 Å². The van der Waals surface area contributed by atoms with Gasteiger partial charge in [-0.1, -0.05) is 0 Å². The monoisotopic (exact) mass is 237 g/mol. The molecule has 0 heterocycles. The fourth-order valence-electron chi connectivity index (χ4n) is 0.773. The molecule has 0 fully saturated rings. The first-order valence-corrected chi connectivity index (χ1v) is 3.19. The zero-order chi connectivity index (χ0) is 8.04. The Bertz CT molecular complexity index is 75.5. The van der Waals surface area contributed by atoms with Gasteiger partial charge >= 0.3 is 0 Å². The maximum Gasteiger partial charge on any atom is 0.279 e. The molecule has 0 rings (SSSR count). The van der Waals surface area contributed by atoms with Gasteiger partial charge in [0.15, 0.2) is 0 Å². The first kappa shape index (κ1) is 14.3. The van der Waals surface area contributed by atoms with Crippen molar-refractivity contribution in [1.29, 1.82) is 0 Å². The van der Waals surface area contributed by atoms with Crippen molar-refractivity contribution >= 4 is 0 Å². The van der Waals surface area contributed by atoms with E-state index in [2.05, 4.69) is 6.92 Å². The number of methoxy groups -OCH3 is 3. The fraction of sp³-hybridized carbons (Fsp3) is 0.857. The van der Waals surface area contributed by atoms with Crippen LogP contribution in [0.2, 0.25) is 0 Å². The molecule has 66 valence electrons. The molecule has 0 amide bonds. The van der Waals surface area contributed by atoms with Crippen molar-refractivity contribution in [1.82, 2.24) is 0 Å². The van der Waals surface area contributed by atoms with Gasteiger partial charge in [-0.05, 0) is 0 Å². The second-order valence-corrected chi connectivity index (χ2v) is 1.90. The molecule has 0 aliphatic heterocycles. The zero-order valence-corrected chi connectivity index (χ0v) is 9.80. The zero-order valence-electron chi connectivity index (χ0n) is 7.35. The van der Waals surface area contributed by atoms with Gasteiger partial charge < -0.3 is 21.1 Å². The smallest absolute Gasteiger partial charge is 0.279 e. The summed E-state index contributed by atoms with van der Waals surface area (Å²) in [6.45, 7) is 3.67. The van der Waals surface area contributed by atoms with Gasteiger partial charge in [-0.25, -0.2) is 0 Å². The molecule has 0 aliphatic rings. The van der Waals surface area contributed by atoms with Gasteiger partial charge in [0.1, 0.15) is 0 Å². The van der Waals surface area contributed by atoms with Crippen molar-refractivity contribution in [2.45, 2.75) is 18.8 Å². The summed E-state index contributed by atoms with van der Waals surface area (Å²) < 4.78 is 15.0. The molecule has 0 N–H and O–H groups in total. The first-order chi connectivity index (χ1) is 4.74. The third-order valence-electron chi connectivity index (χ3n) is 1.42. The summed E-state index contributed by atoms with van der Waals surface area (Å²) in [6.07, 6.45) is 1.35. The topological polar surface area (TPSA) is 27.7 Å². The van der Waals surface area contributed by atoms with Crippen molar-refractivity contribution < 1.29 is 40.4 Å². The van der Waals surface area contributed by atoms with E-state index in [1.54, 1.807) is 21.3 Å². The molecule has 0 unspecified atom stereocenters. The molecule has 0 aromatic rings. The molecule has 0 radical (unpaired) electrons. The van der Waals surface area contributed by atoms with Gasteiger partial charge in [-0.2, -0.15) is 6.42 Å². The van der Waals surface area contributed by atoms with Crippen molar-refractivity contribution in [3.8, 4) is 0 Å². The Morgan fingerprint density at radius 1 is 1.09 bits per heavy atom. The van der Waals surface area contributed by atoms with Gasteiger partial charge in [0.25, 0.3) is 5.97 Å². The Balaban J connectivity index is 0. The molecule has 0 bridgehead atoms. The quantitative estimate of drug-likeness (QED) is 0.532. The Kier molecular flexibility index (Phi) is 9.64. The molecule has 0 aromatic heterocycles. The normalized spacial score (nSPS) is 10.9. The van der Waals surface area contributed by atoms with Crippen LogP contribution < -0.4 is 0 Å². The molecule has 0 aromatic carbocycles. The van der Waals surface area contributed by atoms with Crippen LogP contribution in [0, 0.1) is 6.92 Å². The van der Waals surface area contributed by atoms with E-state index in [1.807, 2.05) is 0 Å². The van der Waals surface area contributed by atoms with Crippen LogP contribution in [0.1, 0.15) is 12.8 Å². The Hall–Kier alpha value is 0.763. The standard InChI is InChI=1S/C7H15O3.Zr/c1-5-6-7(8-2,9-3)10-4;/h1,5-6H2,2-4H3;/q-1;. The van der Waals surface area contributed by atoms with Crippen LogP contribution in [0.4, 0.5) is 0 Å². The minimum absolute atomic E-state index is 0. The second-order valence-electron chi connectivity index (χ2n) is 1.90. The molecule has 4 heteroatoms. The predicted molar refractivity (Wildman–Crippen MR) is 38.3 cm³/mol. The molecular formula is C7H15O3Zr-. The summed E-state index contributed by atoms with van der Waals surface area (Å²) >= 11 is 0. The number of hydrogen-bond donors (Lipinski definition) is 0. The van der Waals surface area contributed by atoms with Crippen molar-refractivity contribution in [2.24, 2.45) is 0 Å². The summed E-state index contributed by atoms with van der Waals surface area (Å²) in [4.78, 5) is 0. The van der Waals surface area contributed by atoms with Crippen molar-refractivity contribution in [3.05, 3.63) is 6.92 Å². The predicted octanol–water partition coefficient (Wildman–Crippen LogP) is 1.19. The van der Waals surface area contributed by atoms with Gasteiger partial charge in [0, 0.05) is 54.0 Å². The van der Waals surface area contributed by atoms with Crippen LogP contribution in [-0.2, 0) is 40.4 Å². The molecule has 0 spiro atoms. The van der Waals surface area contributed by atoms with Crippen LogP contribution in [0.3, 0.4) is 0 Å². The van der Waals surface area contributed by atoms with Crippen LogP contribution in [0.5, 0.6) is 0 Å². The second kappa shape index (κ2) is 7.41. The van der Waals surface area contributed by atoms with Crippen LogP contribution in [0.15, 0.2) is 0 Å². The van der Waals surface area contributed by atoms with Gasteiger partial charge in [-0.15, -0.1) is 0 Å². The summed E-state index contributed by atoms with van der Waals surface area (Å²) in [5, 5.41) is 0. The van der Waals surface area contributed by atoms with E-state index in [1.165, 1.54) is 0 Å². The number of ether oxygens (including phenoxy) is 3. The van der Waals surface area contributed by atoms with E-state index in [-0.39, 0.29) is 26.2 Å². The Morgan fingerprint density at radius 2 is 1.45 bits per heavy atom. The maximum atomic E-state index is 4.99. The average molecular weight is 238 g/mol. The minimum Gasteiger partial charge on any atom is -0.343 e. The summed E-state index contributed by atoms with van der Waals surface area (Å²) in [7, 11) is 4.63. The molecule has 0 saturated carbocycles. The Labute approximate surface area is 87.5 Å². The fourth-order valence-corrected chi connectivity index (χ4v) is 0.773. The number of hydrogen-bond acceptors (Lipinski definition) is 3. The van der Waals surface area contributed by atoms with E-state index >= 15 is 0 Å². The molecule has 3 nitrogen and oxygen atoms in total. The van der Waals surface area contributed by atoms with E-state index in [4.69, 9.17) is 14.2 Å². The summed E-state index contributed by atoms with van der Waals surface area (Å²) in [6, 6.07) is 0. The molecule has 11 heavy (non-hydrogen) atoms. The van der Waals surface area contributed by atoms with Crippen molar-refractivity contribution in [2.75, 3.05) is 21.3 Å². The molecule has 0 atom stereocenters. The van der Waals surface area contributed by atoms with E-state index < -0.39 is 5.97 Å². The van der Waals surface area contributed by atoms with Crippen molar-refractivity contribution in [3.63, 3.8) is 0 Å². The van der Waals surface area contributed by atoms with Gasteiger partial charge in [0.05, 0.1) is 0 Å². The third-order valence-corrected chi connectivity index (χ3v) is 1.42. The van der Waals surface area contributed by atoms with Gasteiger partial charge in [0.2, 0.25) is 0 Å². The van der Waals surface area contributed by atoms with Crippen LogP contribution >= 0.6 is 0 Å². The summed E-state index contributed by atoms with van der Waals surface area (Å²) in [5.74, 6) is -0.887. The SMILES string of the molecule is [CH2-]CCC(OC)(OC)OC.[Zr]. The summed E-state index contributed by atoms with van der Waals surface area (Å²) in [5.41, 5.74) is 0. The van der Waals surface area contributed by atoms with E-state index in [9.17, 15) is 0 Å². The molecular weight excluding hydrogens is 223 g/mol. The largest absolute Gasteiger partial charge is 0.343 e. The Morgan fingerprint density at radius 3 is 1.55 bits per heavy atom. The maximum absolute atomic E-state index is 4.99. The number of rotatable bonds is 5. The van der Waals surface area contributed by atoms with E-state index in [0.29, 0.717) is 6.42 Å². The third kappa shape index (κ3) is 4.36. The average Bonchev–Trinajstić information content (AvgIpc) is 2.01. The van der Waals surface area contributed by atoms with Crippen LogP contribution in [0.25, 0.3) is 0 Å².